The summed E-state index contributed by atoms with van der Waals surface area (Å²) in [4.78, 5) is 14.0. The molecule has 122 valence electrons. The third kappa shape index (κ3) is 3.51. The lowest BCUT2D eigenvalue weighted by molar-refractivity contribution is -0.142. The summed E-state index contributed by atoms with van der Waals surface area (Å²) in [6.07, 6.45) is 2.72. The van der Waals surface area contributed by atoms with E-state index in [2.05, 4.69) is 4.72 Å². The van der Waals surface area contributed by atoms with Gasteiger partial charge in [0.1, 0.15) is 10.3 Å². The topological polar surface area (TPSA) is 75.7 Å². The van der Waals surface area contributed by atoms with Crippen LogP contribution in [0.25, 0.3) is 0 Å². The van der Waals surface area contributed by atoms with Crippen molar-refractivity contribution in [2.45, 2.75) is 42.0 Å². The first-order valence-electron chi connectivity index (χ1n) is 7.52. The Morgan fingerprint density at radius 3 is 2.68 bits per heavy atom. The molecular formula is C14H20N2O4S2. The van der Waals surface area contributed by atoms with Crippen molar-refractivity contribution in [1.82, 2.24) is 9.62 Å². The van der Waals surface area contributed by atoms with Gasteiger partial charge in [-0.1, -0.05) is 6.07 Å². The summed E-state index contributed by atoms with van der Waals surface area (Å²) < 4.78 is 32.9. The fourth-order valence-electron chi connectivity index (χ4n) is 2.89. The molecule has 2 fully saturated rings. The molecule has 8 heteroatoms. The zero-order valence-electron chi connectivity index (χ0n) is 12.2. The van der Waals surface area contributed by atoms with E-state index in [1.165, 1.54) is 11.3 Å². The molecule has 0 unspecified atom stereocenters. The van der Waals surface area contributed by atoms with Gasteiger partial charge in [-0.15, -0.1) is 11.3 Å². The fourth-order valence-corrected chi connectivity index (χ4v) is 5.20. The van der Waals surface area contributed by atoms with Crippen LogP contribution in [-0.4, -0.2) is 51.1 Å². The van der Waals surface area contributed by atoms with E-state index in [0.717, 1.165) is 12.8 Å². The van der Waals surface area contributed by atoms with E-state index in [1.807, 2.05) is 0 Å². The number of hydrogen-bond acceptors (Lipinski definition) is 5. The highest BCUT2D eigenvalue weighted by Gasteiger charge is 2.32. The summed E-state index contributed by atoms with van der Waals surface area (Å²) in [5, 5.41) is 1.75. The number of carbonyl (C=O) groups excluding carboxylic acids is 1. The van der Waals surface area contributed by atoms with Crippen LogP contribution in [-0.2, 0) is 19.6 Å². The van der Waals surface area contributed by atoms with Crippen LogP contribution in [0.2, 0.25) is 0 Å². The Bertz CT molecular complexity index is 601. The number of carbonyl (C=O) groups is 1. The Hall–Kier alpha value is -0.960. The second kappa shape index (κ2) is 6.66. The molecule has 1 aromatic heterocycles. The molecule has 2 saturated heterocycles. The van der Waals surface area contributed by atoms with Gasteiger partial charge in [0.25, 0.3) is 5.91 Å². The van der Waals surface area contributed by atoms with Gasteiger partial charge in [0.05, 0.1) is 0 Å². The van der Waals surface area contributed by atoms with Crippen molar-refractivity contribution in [2.75, 3.05) is 19.7 Å². The first kappa shape index (κ1) is 15.9. The Kier molecular flexibility index (Phi) is 4.82. The molecule has 1 atom stereocenters. The molecule has 3 rings (SSSR count). The highest BCUT2D eigenvalue weighted by Crippen LogP contribution is 2.21. The number of nitrogens with zero attached hydrogens (tertiary/aromatic N) is 1. The minimum atomic E-state index is -3.43. The van der Waals surface area contributed by atoms with E-state index in [0.29, 0.717) is 36.7 Å². The monoisotopic (exact) mass is 344 g/mol. The van der Waals surface area contributed by atoms with E-state index in [9.17, 15) is 13.2 Å². The normalized spacial score (nSPS) is 23.8. The first-order chi connectivity index (χ1) is 10.6. The molecule has 3 heterocycles. The van der Waals surface area contributed by atoms with E-state index in [1.54, 1.807) is 22.4 Å². The summed E-state index contributed by atoms with van der Waals surface area (Å²) in [7, 11) is -3.43. The highest BCUT2D eigenvalue weighted by molar-refractivity contribution is 7.91. The van der Waals surface area contributed by atoms with E-state index in [4.69, 9.17) is 4.74 Å². The van der Waals surface area contributed by atoms with E-state index < -0.39 is 10.0 Å². The summed E-state index contributed by atoms with van der Waals surface area (Å²) in [5.74, 6) is 0.0528. The van der Waals surface area contributed by atoms with Crippen molar-refractivity contribution in [3.05, 3.63) is 17.5 Å². The van der Waals surface area contributed by atoms with Crippen LogP contribution < -0.4 is 4.72 Å². The van der Waals surface area contributed by atoms with Crippen LogP contribution in [0, 0.1) is 0 Å². The van der Waals surface area contributed by atoms with Gasteiger partial charge < -0.3 is 9.64 Å². The number of thiophene rings is 1. The average Bonchev–Trinajstić information content (AvgIpc) is 3.20. The van der Waals surface area contributed by atoms with Crippen molar-refractivity contribution in [3.63, 3.8) is 0 Å². The number of hydrogen-bond donors (Lipinski definition) is 1. The number of piperidine rings is 1. The van der Waals surface area contributed by atoms with Gasteiger partial charge >= 0.3 is 0 Å². The molecule has 0 radical (unpaired) electrons. The Balaban J connectivity index is 1.52. The molecule has 22 heavy (non-hydrogen) atoms. The summed E-state index contributed by atoms with van der Waals surface area (Å²) in [5.41, 5.74) is 0. The lowest BCUT2D eigenvalue weighted by atomic mass is 10.1. The Morgan fingerprint density at radius 1 is 1.32 bits per heavy atom. The molecule has 1 amide bonds. The predicted molar refractivity (Wildman–Crippen MR) is 83.2 cm³/mol. The molecule has 0 bridgehead atoms. The molecular weight excluding hydrogens is 324 g/mol. The molecule has 0 aromatic carbocycles. The highest BCUT2D eigenvalue weighted by atomic mass is 32.2. The van der Waals surface area contributed by atoms with Crippen LogP contribution in [0.3, 0.4) is 0 Å². The van der Waals surface area contributed by atoms with Crippen LogP contribution >= 0.6 is 11.3 Å². The van der Waals surface area contributed by atoms with Gasteiger partial charge in [-0.3, -0.25) is 4.79 Å². The van der Waals surface area contributed by atoms with Crippen LogP contribution in [0.1, 0.15) is 25.7 Å². The van der Waals surface area contributed by atoms with Crippen molar-refractivity contribution in [3.8, 4) is 0 Å². The Labute approximate surface area is 134 Å². The second-order valence-electron chi connectivity index (χ2n) is 5.65. The number of rotatable bonds is 4. The van der Waals surface area contributed by atoms with E-state index in [-0.39, 0.29) is 18.1 Å². The van der Waals surface area contributed by atoms with Crippen LogP contribution in [0.4, 0.5) is 0 Å². The molecule has 6 nitrogen and oxygen atoms in total. The third-order valence-corrected chi connectivity index (χ3v) is 7.01. The van der Waals surface area contributed by atoms with Gasteiger partial charge in [-0.25, -0.2) is 13.1 Å². The number of likely N-dealkylation sites (tertiary alicyclic amines) is 1. The van der Waals surface area contributed by atoms with Crippen LogP contribution in [0.15, 0.2) is 21.7 Å². The zero-order valence-corrected chi connectivity index (χ0v) is 13.9. The first-order valence-corrected chi connectivity index (χ1v) is 9.89. The van der Waals surface area contributed by atoms with Gasteiger partial charge in [0.15, 0.2) is 0 Å². The van der Waals surface area contributed by atoms with E-state index >= 15 is 0 Å². The average molecular weight is 344 g/mol. The SMILES string of the molecule is O=C([C@H]1CCCO1)N1CCC(NS(=O)(=O)c2cccs2)CC1. The molecule has 0 spiro atoms. The van der Waals surface area contributed by atoms with Crippen LogP contribution in [0.5, 0.6) is 0 Å². The minimum Gasteiger partial charge on any atom is -0.368 e. The van der Waals surface area contributed by atoms with Gasteiger partial charge in [-0.05, 0) is 37.1 Å². The smallest absolute Gasteiger partial charge is 0.251 e. The molecule has 2 aliphatic rings. The Morgan fingerprint density at radius 2 is 2.09 bits per heavy atom. The minimum absolute atomic E-state index is 0.0528. The summed E-state index contributed by atoms with van der Waals surface area (Å²) in [6, 6.07) is 3.21. The van der Waals surface area contributed by atoms with Crippen molar-refractivity contribution >= 4 is 27.3 Å². The standard InChI is InChI=1S/C14H20N2O4S2/c17-14(12-3-1-9-20-12)16-7-5-11(6-8-16)15-22(18,19)13-4-2-10-21-13/h2,4,10-12,15H,1,3,5-9H2/t12-/m1/s1. The number of amides is 1. The lowest BCUT2D eigenvalue weighted by Crippen LogP contribution is -2.48. The van der Waals surface area contributed by atoms with Gasteiger partial charge in [-0.2, -0.15) is 0 Å². The number of nitrogens with one attached hydrogen (secondary N) is 1. The van der Waals surface area contributed by atoms with Crippen molar-refractivity contribution in [1.29, 1.82) is 0 Å². The summed E-state index contributed by atoms with van der Waals surface area (Å²) in [6.45, 7) is 1.82. The number of ether oxygens (including phenoxy) is 1. The molecule has 1 aromatic rings. The second-order valence-corrected chi connectivity index (χ2v) is 8.54. The summed E-state index contributed by atoms with van der Waals surface area (Å²) >= 11 is 1.21. The van der Waals surface area contributed by atoms with Gasteiger partial charge in [0.2, 0.25) is 10.0 Å². The molecule has 0 aliphatic carbocycles. The number of sulfonamides is 1. The third-order valence-electron chi connectivity index (χ3n) is 4.09. The maximum absolute atomic E-state index is 12.2. The maximum Gasteiger partial charge on any atom is 0.251 e. The molecule has 0 saturated carbocycles. The lowest BCUT2D eigenvalue weighted by Gasteiger charge is -2.33. The predicted octanol–water partition coefficient (Wildman–Crippen LogP) is 1.20. The fraction of sp³-hybridized carbons (Fsp3) is 0.643. The van der Waals surface area contributed by atoms with Gasteiger partial charge in [0, 0.05) is 25.7 Å². The maximum atomic E-state index is 12.2. The molecule has 2 aliphatic heterocycles. The molecule has 1 N–H and O–H groups in total. The zero-order chi connectivity index (χ0) is 15.6. The van der Waals surface area contributed by atoms with Crippen molar-refractivity contribution in [2.24, 2.45) is 0 Å². The largest absolute Gasteiger partial charge is 0.368 e. The quantitative estimate of drug-likeness (QED) is 0.890. The van der Waals surface area contributed by atoms with Crippen molar-refractivity contribution < 1.29 is 17.9 Å².